The Morgan fingerprint density at radius 1 is 1.05 bits per heavy atom. The topological polar surface area (TPSA) is 61.7 Å². The SMILES string of the molecule is OCC(O)CNc1ccc(OCc2ccc(Cl)cc2)cc1. The molecule has 2 aromatic carbocycles. The highest BCUT2D eigenvalue weighted by Gasteiger charge is 2.01. The van der Waals surface area contributed by atoms with Crippen molar-refractivity contribution in [1.82, 2.24) is 0 Å². The molecule has 2 aromatic rings. The molecule has 1 unspecified atom stereocenters. The van der Waals surface area contributed by atoms with Crippen molar-refractivity contribution in [2.24, 2.45) is 0 Å². The third kappa shape index (κ3) is 5.27. The maximum absolute atomic E-state index is 9.26. The molecule has 5 heteroatoms. The lowest BCUT2D eigenvalue weighted by atomic mass is 10.2. The Labute approximate surface area is 129 Å². The van der Waals surface area contributed by atoms with Gasteiger partial charge in [0.1, 0.15) is 12.4 Å². The summed E-state index contributed by atoms with van der Waals surface area (Å²) in [6.07, 6.45) is -0.758. The van der Waals surface area contributed by atoms with E-state index in [1.54, 1.807) is 0 Å². The van der Waals surface area contributed by atoms with Gasteiger partial charge < -0.3 is 20.3 Å². The lowest BCUT2D eigenvalue weighted by Crippen LogP contribution is -2.22. The molecule has 3 N–H and O–H groups in total. The van der Waals surface area contributed by atoms with Crippen LogP contribution in [0.15, 0.2) is 48.5 Å². The highest BCUT2D eigenvalue weighted by Crippen LogP contribution is 2.17. The Bertz CT molecular complexity index is 542. The number of rotatable bonds is 7. The van der Waals surface area contributed by atoms with Crippen LogP contribution in [0.4, 0.5) is 5.69 Å². The lowest BCUT2D eigenvalue weighted by molar-refractivity contribution is 0.105. The maximum Gasteiger partial charge on any atom is 0.119 e. The molecule has 21 heavy (non-hydrogen) atoms. The first kappa shape index (κ1) is 15.6. The Hall–Kier alpha value is -1.75. The second kappa shape index (κ2) is 7.88. The van der Waals surface area contributed by atoms with E-state index in [4.69, 9.17) is 21.4 Å². The predicted octanol–water partition coefficient (Wildman–Crippen LogP) is 2.68. The molecule has 0 radical (unpaired) electrons. The van der Waals surface area contributed by atoms with Gasteiger partial charge in [0.25, 0.3) is 0 Å². The molecule has 0 spiro atoms. The summed E-state index contributed by atoms with van der Waals surface area (Å²) >= 11 is 5.83. The van der Waals surface area contributed by atoms with Crippen LogP contribution in [0.3, 0.4) is 0 Å². The monoisotopic (exact) mass is 307 g/mol. The Balaban J connectivity index is 1.83. The second-order valence-electron chi connectivity index (χ2n) is 4.66. The van der Waals surface area contributed by atoms with Gasteiger partial charge in [-0.1, -0.05) is 23.7 Å². The number of aliphatic hydroxyl groups is 2. The van der Waals surface area contributed by atoms with E-state index in [1.807, 2.05) is 48.5 Å². The van der Waals surface area contributed by atoms with E-state index >= 15 is 0 Å². The first-order valence-electron chi connectivity index (χ1n) is 6.67. The van der Waals surface area contributed by atoms with Crippen LogP contribution in [0.5, 0.6) is 5.75 Å². The van der Waals surface area contributed by atoms with E-state index in [0.29, 0.717) is 18.2 Å². The van der Waals surface area contributed by atoms with Gasteiger partial charge in [-0.05, 0) is 42.0 Å². The number of ether oxygens (including phenoxy) is 1. The molecule has 0 amide bonds. The van der Waals surface area contributed by atoms with E-state index in [2.05, 4.69) is 5.32 Å². The summed E-state index contributed by atoms with van der Waals surface area (Å²) in [4.78, 5) is 0. The van der Waals surface area contributed by atoms with E-state index < -0.39 is 6.10 Å². The summed E-state index contributed by atoms with van der Waals surface area (Å²) in [5.74, 6) is 0.762. The fourth-order valence-corrected chi connectivity index (χ4v) is 1.84. The molecule has 0 saturated heterocycles. The molecule has 0 bridgehead atoms. The number of hydrogen-bond acceptors (Lipinski definition) is 4. The van der Waals surface area contributed by atoms with Crippen LogP contribution < -0.4 is 10.1 Å². The molecule has 0 saturated carbocycles. The van der Waals surface area contributed by atoms with E-state index in [-0.39, 0.29) is 6.61 Å². The van der Waals surface area contributed by atoms with Gasteiger partial charge in [-0.15, -0.1) is 0 Å². The number of aliphatic hydroxyl groups excluding tert-OH is 2. The van der Waals surface area contributed by atoms with E-state index in [0.717, 1.165) is 17.0 Å². The summed E-state index contributed by atoms with van der Waals surface area (Å²) in [5.41, 5.74) is 1.91. The Morgan fingerprint density at radius 2 is 1.71 bits per heavy atom. The predicted molar refractivity (Wildman–Crippen MR) is 83.8 cm³/mol. The maximum atomic E-state index is 9.26. The fraction of sp³-hybridized carbons (Fsp3) is 0.250. The molecular weight excluding hydrogens is 290 g/mol. The number of benzene rings is 2. The minimum Gasteiger partial charge on any atom is -0.489 e. The van der Waals surface area contributed by atoms with Gasteiger partial charge in [-0.2, -0.15) is 0 Å². The average Bonchev–Trinajstić information content (AvgIpc) is 2.53. The summed E-state index contributed by atoms with van der Waals surface area (Å²) in [5, 5.41) is 21.7. The van der Waals surface area contributed by atoms with Crippen LogP contribution in [-0.2, 0) is 6.61 Å². The van der Waals surface area contributed by atoms with Crippen molar-refractivity contribution in [1.29, 1.82) is 0 Å². The summed E-state index contributed by atoms with van der Waals surface area (Å²) in [6.45, 7) is 0.532. The van der Waals surface area contributed by atoms with Gasteiger partial charge in [-0.3, -0.25) is 0 Å². The average molecular weight is 308 g/mol. The summed E-state index contributed by atoms with van der Waals surface area (Å²) in [6, 6.07) is 14.9. The molecule has 2 rings (SSSR count). The number of halogens is 1. The fourth-order valence-electron chi connectivity index (χ4n) is 1.72. The van der Waals surface area contributed by atoms with Crippen molar-refractivity contribution < 1.29 is 14.9 Å². The van der Waals surface area contributed by atoms with Gasteiger partial charge >= 0.3 is 0 Å². The Kier molecular flexibility index (Phi) is 5.87. The molecule has 0 heterocycles. The van der Waals surface area contributed by atoms with Gasteiger partial charge in [0.05, 0.1) is 12.7 Å². The van der Waals surface area contributed by atoms with Gasteiger partial charge in [0.2, 0.25) is 0 Å². The van der Waals surface area contributed by atoms with Crippen LogP contribution in [0.1, 0.15) is 5.56 Å². The lowest BCUT2D eigenvalue weighted by Gasteiger charge is -2.11. The minimum atomic E-state index is -0.758. The normalized spacial score (nSPS) is 12.0. The molecule has 0 fully saturated rings. The van der Waals surface area contributed by atoms with Crippen molar-refractivity contribution >= 4 is 17.3 Å². The van der Waals surface area contributed by atoms with Crippen molar-refractivity contribution in [3.05, 3.63) is 59.1 Å². The standard InChI is InChI=1S/C16H18ClNO3/c17-13-3-1-12(2-4-13)11-21-16-7-5-14(6-8-16)18-9-15(20)10-19/h1-8,15,18-20H,9-11H2. The van der Waals surface area contributed by atoms with Crippen LogP contribution in [-0.4, -0.2) is 29.5 Å². The molecular formula is C16H18ClNO3. The molecule has 0 aliphatic rings. The second-order valence-corrected chi connectivity index (χ2v) is 5.09. The zero-order chi connectivity index (χ0) is 15.1. The van der Waals surface area contributed by atoms with Crippen molar-refractivity contribution in [2.45, 2.75) is 12.7 Å². The van der Waals surface area contributed by atoms with E-state index in [9.17, 15) is 5.11 Å². The first-order chi connectivity index (χ1) is 10.2. The summed E-state index contributed by atoms with van der Waals surface area (Å²) in [7, 11) is 0. The van der Waals surface area contributed by atoms with Gasteiger partial charge in [-0.25, -0.2) is 0 Å². The minimum absolute atomic E-state index is 0.255. The van der Waals surface area contributed by atoms with E-state index in [1.165, 1.54) is 0 Å². The third-order valence-corrected chi connectivity index (χ3v) is 3.18. The zero-order valence-electron chi connectivity index (χ0n) is 11.5. The van der Waals surface area contributed by atoms with Crippen molar-refractivity contribution in [3.8, 4) is 5.75 Å². The van der Waals surface area contributed by atoms with Crippen LogP contribution >= 0.6 is 11.6 Å². The van der Waals surface area contributed by atoms with Crippen LogP contribution in [0.25, 0.3) is 0 Å². The quantitative estimate of drug-likeness (QED) is 0.736. The van der Waals surface area contributed by atoms with Crippen molar-refractivity contribution in [2.75, 3.05) is 18.5 Å². The summed E-state index contributed by atoms with van der Waals surface area (Å²) < 4.78 is 5.67. The smallest absolute Gasteiger partial charge is 0.119 e. The van der Waals surface area contributed by atoms with Crippen LogP contribution in [0, 0.1) is 0 Å². The third-order valence-electron chi connectivity index (χ3n) is 2.93. The number of anilines is 1. The zero-order valence-corrected chi connectivity index (χ0v) is 12.3. The first-order valence-corrected chi connectivity index (χ1v) is 7.05. The molecule has 112 valence electrons. The van der Waals surface area contributed by atoms with Gasteiger partial charge in [0.15, 0.2) is 0 Å². The molecule has 4 nitrogen and oxygen atoms in total. The molecule has 0 aliphatic heterocycles. The molecule has 0 aromatic heterocycles. The number of hydrogen-bond donors (Lipinski definition) is 3. The Morgan fingerprint density at radius 3 is 2.33 bits per heavy atom. The largest absolute Gasteiger partial charge is 0.489 e. The van der Waals surface area contributed by atoms with Crippen molar-refractivity contribution in [3.63, 3.8) is 0 Å². The highest BCUT2D eigenvalue weighted by molar-refractivity contribution is 6.30. The van der Waals surface area contributed by atoms with Gasteiger partial charge in [0, 0.05) is 17.3 Å². The highest BCUT2D eigenvalue weighted by atomic mass is 35.5. The van der Waals surface area contributed by atoms with Crippen LogP contribution in [0.2, 0.25) is 5.02 Å². The molecule has 1 atom stereocenters. The number of nitrogens with one attached hydrogen (secondary N) is 1. The molecule has 0 aliphatic carbocycles.